The SMILES string of the molecule is CCCCC(CC)CCc1ccccc1. The normalized spacial score (nSPS) is 12.7. The van der Waals surface area contributed by atoms with Gasteiger partial charge in [0.25, 0.3) is 0 Å². The van der Waals surface area contributed by atoms with Crippen LogP contribution < -0.4 is 0 Å². The Morgan fingerprint density at radius 1 is 1.00 bits per heavy atom. The van der Waals surface area contributed by atoms with Crippen molar-refractivity contribution in [3.63, 3.8) is 0 Å². The van der Waals surface area contributed by atoms with Crippen LogP contribution in [-0.4, -0.2) is 0 Å². The number of hydrogen-bond donors (Lipinski definition) is 0. The van der Waals surface area contributed by atoms with Crippen molar-refractivity contribution in [1.82, 2.24) is 0 Å². The second kappa shape index (κ2) is 7.50. The third-order valence-electron chi connectivity index (χ3n) is 3.23. The molecule has 0 saturated carbocycles. The molecule has 0 heteroatoms. The van der Waals surface area contributed by atoms with E-state index in [1.54, 1.807) is 0 Å². The van der Waals surface area contributed by atoms with Gasteiger partial charge in [0.05, 0.1) is 0 Å². The van der Waals surface area contributed by atoms with E-state index in [-0.39, 0.29) is 0 Å². The quantitative estimate of drug-likeness (QED) is 0.596. The number of rotatable bonds is 7. The van der Waals surface area contributed by atoms with E-state index in [1.807, 2.05) is 0 Å². The summed E-state index contributed by atoms with van der Waals surface area (Å²) < 4.78 is 0. The van der Waals surface area contributed by atoms with Gasteiger partial charge in [-0.3, -0.25) is 0 Å². The van der Waals surface area contributed by atoms with Crippen LogP contribution in [0.5, 0.6) is 0 Å². The van der Waals surface area contributed by atoms with E-state index in [4.69, 9.17) is 0 Å². The molecule has 0 aliphatic carbocycles. The molecule has 0 bridgehead atoms. The summed E-state index contributed by atoms with van der Waals surface area (Å²) in [5.74, 6) is 0.935. The zero-order valence-electron chi connectivity index (χ0n) is 10.2. The van der Waals surface area contributed by atoms with Crippen molar-refractivity contribution < 1.29 is 0 Å². The largest absolute Gasteiger partial charge is 0.0654 e. The monoisotopic (exact) mass is 204 g/mol. The lowest BCUT2D eigenvalue weighted by molar-refractivity contribution is 0.422. The number of benzene rings is 1. The number of aryl methyl sites for hydroxylation is 1. The van der Waals surface area contributed by atoms with E-state index >= 15 is 0 Å². The van der Waals surface area contributed by atoms with E-state index in [2.05, 4.69) is 44.2 Å². The maximum Gasteiger partial charge on any atom is -0.0276 e. The highest BCUT2D eigenvalue weighted by Crippen LogP contribution is 2.19. The fourth-order valence-electron chi connectivity index (χ4n) is 2.06. The van der Waals surface area contributed by atoms with Crippen LogP contribution in [-0.2, 0) is 6.42 Å². The van der Waals surface area contributed by atoms with Gasteiger partial charge in [0, 0.05) is 0 Å². The van der Waals surface area contributed by atoms with Gasteiger partial charge in [-0.15, -0.1) is 0 Å². The molecule has 0 N–H and O–H groups in total. The second-order valence-electron chi connectivity index (χ2n) is 4.44. The maximum absolute atomic E-state index is 2.32. The Morgan fingerprint density at radius 3 is 2.33 bits per heavy atom. The first-order valence-electron chi connectivity index (χ1n) is 6.40. The maximum atomic E-state index is 2.32. The standard InChI is InChI=1S/C15H24/c1-3-5-9-14(4-2)12-13-15-10-7-6-8-11-15/h6-8,10-11,14H,3-5,9,12-13H2,1-2H3. The Labute approximate surface area is 94.7 Å². The summed E-state index contributed by atoms with van der Waals surface area (Å²) in [7, 11) is 0. The average Bonchev–Trinajstić information content (AvgIpc) is 2.31. The molecule has 0 aromatic heterocycles. The van der Waals surface area contributed by atoms with Gasteiger partial charge in [0.1, 0.15) is 0 Å². The van der Waals surface area contributed by atoms with Crippen molar-refractivity contribution in [3.05, 3.63) is 35.9 Å². The van der Waals surface area contributed by atoms with Crippen LogP contribution in [0.15, 0.2) is 30.3 Å². The fourth-order valence-corrected chi connectivity index (χ4v) is 2.06. The summed E-state index contributed by atoms with van der Waals surface area (Å²) >= 11 is 0. The summed E-state index contributed by atoms with van der Waals surface area (Å²) in [6, 6.07) is 10.9. The first-order valence-corrected chi connectivity index (χ1v) is 6.40. The van der Waals surface area contributed by atoms with Gasteiger partial charge in [-0.25, -0.2) is 0 Å². The number of hydrogen-bond acceptors (Lipinski definition) is 0. The molecule has 0 aliphatic heterocycles. The van der Waals surface area contributed by atoms with Gasteiger partial charge < -0.3 is 0 Å². The highest BCUT2D eigenvalue weighted by atomic mass is 14.1. The molecule has 1 aromatic rings. The molecule has 84 valence electrons. The molecule has 1 atom stereocenters. The van der Waals surface area contributed by atoms with Gasteiger partial charge in [-0.2, -0.15) is 0 Å². The Balaban J connectivity index is 2.28. The van der Waals surface area contributed by atoms with Crippen LogP contribution in [0.25, 0.3) is 0 Å². The first-order chi connectivity index (χ1) is 7.36. The van der Waals surface area contributed by atoms with Crippen molar-refractivity contribution in [1.29, 1.82) is 0 Å². The minimum absolute atomic E-state index is 0.935. The van der Waals surface area contributed by atoms with E-state index in [0.29, 0.717) is 0 Å². The van der Waals surface area contributed by atoms with Crippen molar-refractivity contribution in [3.8, 4) is 0 Å². The van der Waals surface area contributed by atoms with E-state index in [1.165, 1.54) is 44.1 Å². The highest BCUT2D eigenvalue weighted by Gasteiger charge is 2.05. The minimum atomic E-state index is 0.935. The summed E-state index contributed by atoms with van der Waals surface area (Å²) in [6.45, 7) is 4.61. The Morgan fingerprint density at radius 2 is 1.73 bits per heavy atom. The van der Waals surface area contributed by atoms with Crippen molar-refractivity contribution in [2.45, 2.75) is 52.4 Å². The molecule has 0 amide bonds. The molecule has 0 fully saturated rings. The van der Waals surface area contributed by atoms with Crippen LogP contribution in [0, 0.1) is 5.92 Å². The smallest absolute Gasteiger partial charge is 0.0276 e. The molecule has 0 saturated heterocycles. The minimum Gasteiger partial charge on any atom is -0.0654 e. The lowest BCUT2D eigenvalue weighted by atomic mass is 9.92. The molecule has 0 aliphatic rings. The molecule has 0 radical (unpaired) electrons. The summed E-state index contributed by atoms with van der Waals surface area (Å²) in [4.78, 5) is 0. The van der Waals surface area contributed by atoms with Crippen molar-refractivity contribution >= 4 is 0 Å². The molecule has 0 spiro atoms. The van der Waals surface area contributed by atoms with Crippen molar-refractivity contribution in [2.75, 3.05) is 0 Å². The molecule has 0 nitrogen and oxygen atoms in total. The Hall–Kier alpha value is -0.780. The highest BCUT2D eigenvalue weighted by molar-refractivity contribution is 5.14. The predicted octanol–water partition coefficient (Wildman–Crippen LogP) is 4.84. The van der Waals surface area contributed by atoms with Crippen LogP contribution in [0.4, 0.5) is 0 Å². The predicted molar refractivity (Wildman–Crippen MR) is 68.1 cm³/mol. The summed E-state index contributed by atoms with van der Waals surface area (Å²) in [6.07, 6.45) is 8.10. The third-order valence-corrected chi connectivity index (χ3v) is 3.23. The van der Waals surface area contributed by atoms with Gasteiger partial charge >= 0.3 is 0 Å². The van der Waals surface area contributed by atoms with Gasteiger partial charge in [-0.1, -0.05) is 69.9 Å². The third kappa shape index (κ3) is 5.01. The molecule has 15 heavy (non-hydrogen) atoms. The van der Waals surface area contributed by atoms with E-state index in [9.17, 15) is 0 Å². The second-order valence-corrected chi connectivity index (χ2v) is 4.44. The summed E-state index contributed by atoms with van der Waals surface area (Å²) in [5, 5.41) is 0. The van der Waals surface area contributed by atoms with Gasteiger partial charge in [0.15, 0.2) is 0 Å². The Kier molecular flexibility index (Phi) is 6.15. The van der Waals surface area contributed by atoms with E-state index < -0.39 is 0 Å². The van der Waals surface area contributed by atoms with Crippen molar-refractivity contribution in [2.24, 2.45) is 5.92 Å². The summed E-state index contributed by atoms with van der Waals surface area (Å²) in [5.41, 5.74) is 1.49. The Bertz CT molecular complexity index is 237. The molecular formula is C15H24. The van der Waals surface area contributed by atoms with Crippen LogP contribution >= 0.6 is 0 Å². The first kappa shape index (κ1) is 12.3. The average molecular weight is 204 g/mol. The lowest BCUT2D eigenvalue weighted by Gasteiger charge is -2.13. The van der Waals surface area contributed by atoms with Gasteiger partial charge in [0.2, 0.25) is 0 Å². The molecule has 1 rings (SSSR count). The zero-order chi connectivity index (χ0) is 10.9. The van der Waals surface area contributed by atoms with Crippen LogP contribution in [0.1, 0.15) is 51.5 Å². The molecule has 1 unspecified atom stereocenters. The van der Waals surface area contributed by atoms with E-state index in [0.717, 1.165) is 5.92 Å². The molecule has 0 heterocycles. The van der Waals surface area contributed by atoms with Gasteiger partial charge in [-0.05, 0) is 24.3 Å². The van der Waals surface area contributed by atoms with Crippen LogP contribution in [0.3, 0.4) is 0 Å². The topological polar surface area (TPSA) is 0 Å². The zero-order valence-corrected chi connectivity index (χ0v) is 10.2. The van der Waals surface area contributed by atoms with Crippen LogP contribution in [0.2, 0.25) is 0 Å². The fraction of sp³-hybridized carbons (Fsp3) is 0.600. The number of unbranched alkanes of at least 4 members (excludes halogenated alkanes) is 1. The molecular weight excluding hydrogens is 180 g/mol. The lowest BCUT2D eigenvalue weighted by Crippen LogP contribution is -2.00. The molecule has 1 aromatic carbocycles.